The van der Waals surface area contributed by atoms with E-state index in [1.54, 1.807) is 14.0 Å². The number of carbonyl (C=O) groups is 2. The first-order valence-corrected chi connectivity index (χ1v) is 7.77. The molecule has 0 aliphatic heterocycles. The van der Waals surface area contributed by atoms with E-state index in [9.17, 15) is 9.59 Å². The van der Waals surface area contributed by atoms with Gasteiger partial charge in [0.15, 0.2) is 0 Å². The normalized spacial score (nSPS) is 11.8. The topological polar surface area (TPSA) is 55.8 Å². The van der Waals surface area contributed by atoms with Crippen molar-refractivity contribution in [2.45, 2.75) is 19.6 Å². The lowest BCUT2D eigenvalue weighted by Crippen LogP contribution is -2.46. The summed E-state index contributed by atoms with van der Waals surface area (Å²) in [6.45, 7) is 2.58. The molecular weight excluding hydrogens is 338 g/mol. The average molecular weight is 358 g/mol. The highest BCUT2D eigenvalue weighted by Gasteiger charge is 2.26. The highest BCUT2D eigenvalue weighted by atomic mass is 79.9. The molecule has 0 aromatic heterocycles. The van der Waals surface area contributed by atoms with E-state index in [0.29, 0.717) is 13.2 Å². The van der Waals surface area contributed by atoms with E-state index in [4.69, 9.17) is 9.47 Å². The molecule has 6 heteroatoms. The molecule has 0 radical (unpaired) electrons. The highest BCUT2D eigenvalue weighted by Crippen LogP contribution is 2.07. The van der Waals surface area contributed by atoms with Crippen LogP contribution in [0.5, 0.6) is 0 Å². The lowest BCUT2D eigenvalue weighted by atomic mass is 10.2. The molecule has 0 heterocycles. The summed E-state index contributed by atoms with van der Waals surface area (Å²) in [5.74, 6) is -0.597. The van der Waals surface area contributed by atoms with Gasteiger partial charge in [-0.3, -0.25) is 4.79 Å². The first-order chi connectivity index (χ1) is 10.1. The van der Waals surface area contributed by atoms with Crippen LogP contribution in [0.2, 0.25) is 0 Å². The zero-order valence-corrected chi connectivity index (χ0v) is 13.8. The Balaban J connectivity index is 2.58. The number of rotatable bonds is 8. The summed E-state index contributed by atoms with van der Waals surface area (Å²) in [7, 11) is 1.55. The van der Waals surface area contributed by atoms with E-state index >= 15 is 0 Å². The molecule has 1 amide bonds. The number of alkyl halides is 1. The van der Waals surface area contributed by atoms with Crippen molar-refractivity contribution in [3.63, 3.8) is 0 Å². The number of nitrogens with zero attached hydrogens (tertiary/aromatic N) is 1. The van der Waals surface area contributed by atoms with Gasteiger partial charge in [0.05, 0.1) is 11.9 Å². The number of halogens is 1. The zero-order valence-electron chi connectivity index (χ0n) is 12.3. The third-order valence-electron chi connectivity index (χ3n) is 3.00. The Morgan fingerprint density at radius 3 is 2.52 bits per heavy atom. The summed E-state index contributed by atoms with van der Waals surface area (Å²) in [4.78, 5) is 25.4. The summed E-state index contributed by atoms with van der Waals surface area (Å²) < 4.78 is 10.2. The van der Waals surface area contributed by atoms with Crippen molar-refractivity contribution < 1.29 is 19.1 Å². The number of ether oxygens (including phenoxy) is 2. The molecule has 0 aliphatic rings. The number of hydrogen-bond acceptors (Lipinski definition) is 4. The largest absolute Gasteiger partial charge is 0.459 e. The number of carbonyl (C=O) groups excluding carboxylic acids is 2. The van der Waals surface area contributed by atoms with Gasteiger partial charge in [-0.2, -0.15) is 0 Å². The van der Waals surface area contributed by atoms with E-state index in [-0.39, 0.29) is 17.8 Å². The lowest BCUT2D eigenvalue weighted by molar-refractivity contribution is -0.155. The Bertz CT molecular complexity index is 452. The first kappa shape index (κ1) is 17.7. The molecule has 1 atom stereocenters. The predicted octanol–water partition coefficient (Wildman–Crippen LogP) is 1.99. The molecule has 116 valence electrons. The van der Waals surface area contributed by atoms with Gasteiger partial charge in [0.2, 0.25) is 5.91 Å². The first-order valence-electron chi connectivity index (χ1n) is 6.65. The Labute approximate surface area is 133 Å². The van der Waals surface area contributed by atoms with E-state index in [1.165, 1.54) is 4.90 Å². The van der Waals surface area contributed by atoms with Gasteiger partial charge in [-0.05, 0) is 12.5 Å². The Kier molecular flexibility index (Phi) is 8.00. The molecule has 0 saturated carbocycles. The molecular formula is C15H20BrNO4. The van der Waals surface area contributed by atoms with Crippen molar-refractivity contribution >= 4 is 27.8 Å². The van der Waals surface area contributed by atoms with Crippen LogP contribution < -0.4 is 0 Å². The fraction of sp³-hybridized carbons (Fsp3) is 0.467. The minimum Gasteiger partial charge on any atom is -0.459 e. The molecule has 1 unspecified atom stereocenters. The lowest BCUT2D eigenvalue weighted by Gasteiger charge is -2.27. The molecule has 0 N–H and O–H groups in total. The number of esters is 1. The number of methoxy groups -OCH3 is 1. The van der Waals surface area contributed by atoms with Gasteiger partial charge in [-0.25, -0.2) is 4.79 Å². The van der Waals surface area contributed by atoms with E-state index < -0.39 is 12.0 Å². The van der Waals surface area contributed by atoms with Crippen LogP contribution in [0.1, 0.15) is 12.5 Å². The smallest absolute Gasteiger partial charge is 0.328 e. The van der Waals surface area contributed by atoms with E-state index in [2.05, 4.69) is 15.9 Å². The van der Waals surface area contributed by atoms with Crippen LogP contribution in [-0.4, -0.2) is 48.4 Å². The van der Waals surface area contributed by atoms with Crippen molar-refractivity contribution in [2.75, 3.05) is 25.6 Å². The molecule has 21 heavy (non-hydrogen) atoms. The van der Waals surface area contributed by atoms with Crippen LogP contribution in [0.25, 0.3) is 0 Å². The molecule has 0 saturated heterocycles. The fourth-order valence-electron chi connectivity index (χ4n) is 1.78. The van der Waals surface area contributed by atoms with Gasteiger partial charge < -0.3 is 14.4 Å². The molecule has 1 aromatic carbocycles. The van der Waals surface area contributed by atoms with Crippen LogP contribution in [-0.2, 0) is 25.7 Å². The third-order valence-corrected chi connectivity index (χ3v) is 3.48. The molecule has 1 rings (SSSR count). The van der Waals surface area contributed by atoms with E-state index in [0.717, 1.165) is 5.56 Å². The maximum absolute atomic E-state index is 12.1. The SMILES string of the molecule is COCCN(C(=O)CBr)C(C)C(=O)OCc1ccccc1. The number of benzene rings is 1. The molecule has 0 fully saturated rings. The monoisotopic (exact) mass is 357 g/mol. The maximum atomic E-state index is 12.1. The predicted molar refractivity (Wildman–Crippen MR) is 83.1 cm³/mol. The molecule has 0 spiro atoms. The summed E-state index contributed by atoms with van der Waals surface area (Å²) in [5.41, 5.74) is 0.910. The maximum Gasteiger partial charge on any atom is 0.328 e. The minimum atomic E-state index is -0.645. The van der Waals surface area contributed by atoms with Crippen LogP contribution in [0.3, 0.4) is 0 Å². The van der Waals surface area contributed by atoms with Crippen molar-refractivity contribution in [1.29, 1.82) is 0 Å². The molecule has 1 aromatic rings. The van der Waals surface area contributed by atoms with Gasteiger partial charge in [-0.15, -0.1) is 0 Å². The quantitative estimate of drug-likeness (QED) is 0.527. The fourth-order valence-corrected chi connectivity index (χ4v) is 2.10. The summed E-state index contributed by atoms with van der Waals surface area (Å²) >= 11 is 3.12. The van der Waals surface area contributed by atoms with Crippen LogP contribution in [0.15, 0.2) is 30.3 Å². The standard InChI is InChI=1S/C15H20BrNO4/c1-12(17(8-9-20-2)14(18)10-16)15(19)21-11-13-6-4-3-5-7-13/h3-7,12H,8-11H2,1-2H3. The van der Waals surface area contributed by atoms with Crippen LogP contribution >= 0.6 is 15.9 Å². The van der Waals surface area contributed by atoms with Crippen LogP contribution in [0, 0.1) is 0 Å². The molecule has 5 nitrogen and oxygen atoms in total. The average Bonchev–Trinajstić information content (AvgIpc) is 2.53. The van der Waals surface area contributed by atoms with Crippen molar-refractivity contribution in [2.24, 2.45) is 0 Å². The second kappa shape index (κ2) is 9.52. The number of hydrogen-bond donors (Lipinski definition) is 0. The van der Waals surface area contributed by atoms with E-state index in [1.807, 2.05) is 30.3 Å². The summed E-state index contributed by atoms with van der Waals surface area (Å²) in [5, 5.41) is 0.160. The Morgan fingerprint density at radius 1 is 1.29 bits per heavy atom. The van der Waals surface area contributed by atoms with Crippen LogP contribution in [0.4, 0.5) is 0 Å². The van der Waals surface area contributed by atoms with Crippen molar-refractivity contribution in [3.8, 4) is 0 Å². The van der Waals surface area contributed by atoms with Gasteiger partial charge in [0, 0.05) is 13.7 Å². The van der Waals surface area contributed by atoms with Gasteiger partial charge in [0.1, 0.15) is 12.6 Å². The van der Waals surface area contributed by atoms with Crippen molar-refractivity contribution in [3.05, 3.63) is 35.9 Å². The Hall–Kier alpha value is -1.40. The van der Waals surface area contributed by atoms with Crippen molar-refractivity contribution in [1.82, 2.24) is 4.90 Å². The highest BCUT2D eigenvalue weighted by molar-refractivity contribution is 9.09. The third kappa shape index (κ3) is 5.85. The molecule has 0 bridgehead atoms. The molecule has 0 aliphatic carbocycles. The summed E-state index contributed by atoms with van der Waals surface area (Å²) in [6, 6.07) is 8.77. The second-order valence-electron chi connectivity index (χ2n) is 4.48. The summed E-state index contributed by atoms with van der Waals surface area (Å²) in [6.07, 6.45) is 0. The Morgan fingerprint density at radius 2 is 1.95 bits per heavy atom. The zero-order chi connectivity index (χ0) is 15.7. The van der Waals surface area contributed by atoms with Gasteiger partial charge >= 0.3 is 5.97 Å². The minimum absolute atomic E-state index is 0.160. The van der Waals surface area contributed by atoms with Gasteiger partial charge in [0.25, 0.3) is 0 Å². The second-order valence-corrected chi connectivity index (χ2v) is 5.04. The number of amides is 1. The van der Waals surface area contributed by atoms with Gasteiger partial charge in [-0.1, -0.05) is 46.3 Å².